The second-order valence-electron chi connectivity index (χ2n) is 7.37. The molecule has 1 aliphatic heterocycles. The van der Waals surface area contributed by atoms with Gasteiger partial charge in [0, 0.05) is 45.0 Å². The van der Waals surface area contributed by atoms with Crippen LogP contribution in [0.25, 0.3) is 0 Å². The molecule has 3 rings (SSSR count). The SMILES string of the molecule is CN=C(NCCS(=O)(=O)NCC1CCC1)NC1CCN(c2ccccc2)C1.I. The highest BCUT2D eigenvalue weighted by molar-refractivity contribution is 14.0. The molecular formula is C19H32IN5O2S. The molecule has 0 aromatic heterocycles. The smallest absolute Gasteiger partial charge is 0.213 e. The van der Waals surface area contributed by atoms with E-state index in [1.807, 2.05) is 6.07 Å². The van der Waals surface area contributed by atoms with Crippen LogP contribution < -0.4 is 20.3 Å². The molecule has 1 aromatic carbocycles. The van der Waals surface area contributed by atoms with E-state index in [-0.39, 0.29) is 29.7 Å². The first-order chi connectivity index (χ1) is 13.1. The lowest BCUT2D eigenvalue weighted by Gasteiger charge is -2.25. The molecule has 7 nitrogen and oxygen atoms in total. The summed E-state index contributed by atoms with van der Waals surface area (Å²) in [6.07, 6.45) is 4.52. The lowest BCUT2D eigenvalue weighted by molar-refractivity contribution is 0.316. The number of nitrogens with one attached hydrogen (secondary N) is 3. The molecule has 1 unspecified atom stereocenters. The number of sulfonamides is 1. The Morgan fingerprint density at radius 3 is 2.61 bits per heavy atom. The molecule has 0 amide bonds. The number of para-hydroxylation sites is 1. The van der Waals surface area contributed by atoms with E-state index in [1.165, 1.54) is 12.1 Å². The standard InChI is InChI=1S/C19H31N5O2S.HI/c1-20-19(21-11-13-27(25,26)22-14-16-6-5-7-16)23-17-10-12-24(15-17)18-8-3-2-4-9-18;/h2-4,8-9,16-17,22H,5-7,10-15H2,1H3,(H2,20,21,23);1H. The minimum Gasteiger partial charge on any atom is -0.369 e. The van der Waals surface area contributed by atoms with Crippen molar-refractivity contribution < 1.29 is 8.42 Å². The van der Waals surface area contributed by atoms with E-state index in [0.29, 0.717) is 31.0 Å². The number of hydrogen-bond donors (Lipinski definition) is 3. The van der Waals surface area contributed by atoms with Gasteiger partial charge in [0.05, 0.1) is 5.75 Å². The van der Waals surface area contributed by atoms with E-state index in [2.05, 4.69) is 49.5 Å². The Balaban J connectivity index is 0.00000280. The quantitative estimate of drug-likeness (QED) is 0.276. The number of nitrogens with zero attached hydrogens (tertiary/aromatic N) is 2. The van der Waals surface area contributed by atoms with E-state index in [0.717, 1.165) is 32.4 Å². The van der Waals surface area contributed by atoms with Gasteiger partial charge in [-0.3, -0.25) is 4.99 Å². The number of hydrogen-bond acceptors (Lipinski definition) is 4. The molecule has 1 atom stereocenters. The minimum absolute atomic E-state index is 0. The molecule has 2 aliphatic rings. The summed E-state index contributed by atoms with van der Waals surface area (Å²) in [5.74, 6) is 1.24. The predicted octanol–water partition coefficient (Wildman–Crippen LogP) is 1.77. The van der Waals surface area contributed by atoms with Gasteiger partial charge in [-0.25, -0.2) is 13.1 Å². The number of aliphatic imine (C=N–C) groups is 1. The highest BCUT2D eigenvalue weighted by Crippen LogP contribution is 2.25. The first kappa shape index (κ1) is 23.2. The fraction of sp³-hybridized carbons (Fsp3) is 0.632. The van der Waals surface area contributed by atoms with Gasteiger partial charge in [-0.2, -0.15) is 0 Å². The Labute approximate surface area is 185 Å². The lowest BCUT2D eigenvalue weighted by atomic mass is 9.86. The zero-order valence-corrected chi connectivity index (χ0v) is 19.6. The third kappa shape index (κ3) is 7.07. The van der Waals surface area contributed by atoms with Crippen molar-refractivity contribution in [3.05, 3.63) is 30.3 Å². The third-order valence-electron chi connectivity index (χ3n) is 5.35. The molecule has 1 heterocycles. The minimum atomic E-state index is -3.23. The lowest BCUT2D eigenvalue weighted by Crippen LogP contribution is -2.46. The number of anilines is 1. The van der Waals surface area contributed by atoms with Crippen LogP contribution in [0.2, 0.25) is 0 Å². The summed E-state index contributed by atoms with van der Waals surface area (Å²) in [5.41, 5.74) is 1.23. The normalized spacial score (nSPS) is 20.4. The molecule has 158 valence electrons. The molecular weight excluding hydrogens is 489 g/mol. The predicted molar refractivity (Wildman–Crippen MR) is 126 cm³/mol. The van der Waals surface area contributed by atoms with Gasteiger partial charge in [-0.15, -0.1) is 24.0 Å². The van der Waals surface area contributed by atoms with Crippen LogP contribution in [0.1, 0.15) is 25.7 Å². The summed E-state index contributed by atoms with van der Waals surface area (Å²) in [7, 11) is -1.52. The van der Waals surface area contributed by atoms with Crippen LogP contribution in [-0.4, -0.2) is 59.4 Å². The molecule has 0 spiro atoms. The maximum Gasteiger partial charge on any atom is 0.213 e. The molecule has 28 heavy (non-hydrogen) atoms. The summed E-state index contributed by atoms with van der Waals surface area (Å²) in [4.78, 5) is 6.57. The van der Waals surface area contributed by atoms with Gasteiger partial charge in [-0.05, 0) is 37.3 Å². The van der Waals surface area contributed by atoms with Gasteiger partial charge in [0.15, 0.2) is 5.96 Å². The van der Waals surface area contributed by atoms with Gasteiger partial charge in [0.2, 0.25) is 10.0 Å². The molecule has 1 saturated carbocycles. The van der Waals surface area contributed by atoms with Gasteiger partial charge < -0.3 is 15.5 Å². The van der Waals surface area contributed by atoms with Crippen molar-refractivity contribution in [1.82, 2.24) is 15.4 Å². The maximum absolute atomic E-state index is 12.1. The highest BCUT2D eigenvalue weighted by atomic mass is 127. The van der Waals surface area contributed by atoms with E-state index in [1.54, 1.807) is 7.05 Å². The van der Waals surface area contributed by atoms with Crippen molar-refractivity contribution in [3.63, 3.8) is 0 Å². The molecule has 0 bridgehead atoms. The van der Waals surface area contributed by atoms with E-state index in [9.17, 15) is 8.42 Å². The van der Waals surface area contributed by atoms with Crippen LogP contribution in [0.5, 0.6) is 0 Å². The zero-order valence-electron chi connectivity index (χ0n) is 16.4. The molecule has 1 saturated heterocycles. The third-order valence-corrected chi connectivity index (χ3v) is 6.70. The topological polar surface area (TPSA) is 85.8 Å². The van der Waals surface area contributed by atoms with Crippen molar-refractivity contribution in [1.29, 1.82) is 0 Å². The number of halogens is 1. The van der Waals surface area contributed by atoms with Crippen molar-refractivity contribution in [3.8, 4) is 0 Å². The summed E-state index contributed by atoms with van der Waals surface area (Å²) in [6.45, 7) is 2.82. The van der Waals surface area contributed by atoms with Crippen LogP contribution in [-0.2, 0) is 10.0 Å². The van der Waals surface area contributed by atoms with E-state index >= 15 is 0 Å². The van der Waals surface area contributed by atoms with E-state index in [4.69, 9.17) is 0 Å². The average Bonchev–Trinajstić information content (AvgIpc) is 3.08. The molecule has 3 N–H and O–H groups in total. The Hall–Kier alpha value is -1.07. The molecule has 2 fully saturated rings. The van der Waals surface area contributed by atoms with Crippen LogP contribution >= 0.6 is 24.0 Å². The Bertz CT molecular complexity index is 725. The molecule has 0 radical (unpaired) electrons. The van der Waals surface area contributed by atoms with Gasteiger partial charge in [-0.1, -0.05) is 24.6 Å². The highest BCUT2D eigenvalue weighted by Gasteiger charge is 2.23. The van der Waals surface area contributed by atoms with Crippen LogP contribution in [0.3, 0.4) is 0 Å². The monoisotopic (exact) mass is 521 g/mol. The zero-order chi connectivity index (χ0) is 19.1. The number of benzene rings is 1. The Morgan fingerprint density at radius 2 is 1.96 bits per heavy atom. The molecule has 9 heteroatoms. The van der Waals surface area contributed by atoms with Crippen LogP contribution in [0, 0.1) is 5.92 Å². The van der Waals surface area contributed by atoms with Crippen molar-refractivity contribution in [2.45, 2.75) is 31.7 Å². The van der Waals surface area contributed by atoms with Crippen molar-refractivity contribution in [2.24, 2.45) is 10.9 Å². The summed E-state index contributed by atoms with van der Waals surface area (Å²) in [6, 6.07) is 10.7. The summed E-state index contributed by atoms with van der Waals surface area (Å²) >= 11 is 0. The Morgan fingerprint density at radius 1 is 1.21 bits per heavy atom. The summed E-state index contributed by atoms with van der Waals surface area (Å²) < 4.78 is 26.9. The van der Waals surface area contributed by atoms with Crippen molar-refractivity contribution in [2.75, 3.05) is 43.9 Å². The van der Waals surface area contributed by atoms with Crippen LogP contribution in [0.4, 0.5) is 5.69 Å². The summed E-state index contributed by atoms with van der Waals surface area (Å²) in [5, 5.41) is 6.53. The van der Waals surface area contributed by atoms with Gasteiger partial charge in [0.1, 0.15) is 0 Å². The molecule has 1 aliphatic carbocycles. The van der Waals surface area contributed by atoms with Gasteiger partial charge in [0.25, 0.3) is 0 Å². The van der Waals surface area contributed by atoms with Gasteiger partial charge >= 0.3 is 0 Å². The fourth-order valence-electron chi connectivity index (χ4n) is 3.46. The maximum atomic E-state index is 12.1. The first-order valence-electron chi connectivity index (χ1n) is 9.80. The first-order valence-corrected chi connectivity index (χ1v) is 11.5. The second kappa shape index (κ2) is 11.2. The average molecular weight is 521 g/mol. The number of rotatable bonds is 8. The molecule has 1 aromatic rings. The fourth-order valence-corrected chi connectivity index (χ4v) is 4.46. The largest absolute Gasteiger partial charge is 0.369 e. The van der Waals surface area contributed by atoms with Crippen molar-refractivity contribution >= 4 is 45.6 Å². The Kier molecular flexibility index (Phi) is 9.29. The van der Waals surface area contributed by atoms with E-state index < -0.39 is 10.0 Å². The number of guanidine groups is 1. The van der Waals surface area contributed by atoms with Crippen LogP contribution in [0.15, 0.2) is 35.3 Å². The second-order valence-corrected chi connectivity index (χ2v) is 9.30.